The molecule has 1 aromatic heterocycles. The Kier molecular flexibility index (Phi) is 5.42. The zero-order valence-electron chi connectivity index (χ0n) is 10.1. The lowest BCUT2D eigenvalue weighted by atomic mass is 10.1. The Bertz CT molecular complexity index is 369. The molecule has 5 nitrogen and oxygen atoms in total. The van der Waals surface area contributed by atoms with Gasteiger partial charge in [0.15, 0.2) is 0 Å². The molecule has 1 rings (SSSR count). The van der Waals surface area contributed by atoms with Crippen LogP contribution in [-0.2, 0) is 11.2 Å². The van der Waals surface area contributed by atoms with E-state index in [2.05, 4.69) is 10.3 Å². The maximum absolute atomic E-state index is 11.5. The third kappa shape index (κ3) is 4.82. The SMILES string of the molecule is COc1cncc(CCC(=O)NC(C)CO)c1. The summed E-state index contributed by atoms with van der Waals surface area (Å²) in [5.41, 5.74) is 0.955. The van der Waals surface area contributed by atoms with Gasteiger partial charge >= 0.3 is 0 Å². The summed E-state index contributed by atoms with van der Waals surface area (Å²) in [4.78, 5) is 15.5. The molecule has 0 fully saturated rings. The van der Waals surface area contributed by atoms with E-state index in [1.165, 1.54) is 0 Å². The third-order valence-electron chi connectivity index (χ3n) is 2.33. The number of hydrogen-bond donors (Lipinski definition) is 2. The molecule has 0 saturated heterocycles. The third-order valence-corrected chi connectivity index (χ3v) is 2.33. The largest absolute Gasteiger partial charge is 0.495 e. The van der Waals surface area contributed by atoms with Crippen LogP contribution in [0.15, 0.2) is 18.5 Å². The van der Waals surface area contributed by atoms with Crippen LogP contribution in [0.1, 0.15) is 18.9 Å². The second-order valence-electron chi connectivity index (χ2n) is 3.88. The van der Waals surface area contributed by atoms with E-state index in [0.717, 1.165) is 5.56 Å². The number of pyridine rings is 1. The highest BCUT2D eigenvalue weighted by Gasteiger charge is 2.06. The molecule has 94 valence electrons. The Hall–Kier alpha value is -1.62. The fraction of sp³-hybridized carbons (Fsp3) is 0.500. The number of carbonyl (C=O) groups is 1. The second kappa shape index (κ2) is 6.85. The molecule has 0 aliphatic rings. The number of rotatable bonds is 6. The summed E-state index contributed by atoms with van der Waals surface area (Å²) >= 11 is 0. The van der Waals surface area contributed by atoms with Crippen LogP contribution in [0.25, 0.3) is 0 Å². The number of nitrogens with zero attached hydrogens (tertiary/aromatic N) is 1. The van der Waals surface area contributed by atoms with E-state index < -0.39 is 0 Å². The van der Waals surface area contributed by atoms with Gasteiger partial charge in [-0.3, -0.25) is 9.78 Å². The average Bonchev–Trinajstić information content (AvgIpc) is 2.36. The van der Waals surface area contributed by atoms with E-state index in [4.69, 9.17) is 9.84 Å². The number of aliphatic hydroxyl groups is 1. The van der Waals surface area contributed by atoms with Crippen LogP contribution in [0.4, 0.5) is 0 Å². The fourth-order valence-corrected chi connectivity index (χ4v) is 1.36. The van der Waals surface area contributed by atoms with E-state index >= 15 is 0 Å². The highest BCUT2D eigenvalue weighted by Crippen LogP contribution is 2.11. The summed E-state index contributed by atoms with van der Waals surface area (Å²) < 4.78 is 5.05. The summed E-state index contributed by atoms with van der Waals surface area (Å²) in [5.74, 6) is 0.612. The topological polar surface area (TPSA) is 71.5 Å². The first-order valence-electron chi connectivity index (χ1n) is 5.54. The minimum atomic E-state index is -0.203. The van der Waals surface area contributed by atoms with Crippen molar-refractivity contribution in [3.8, 4) is 5.75 Å². The van der Waals surface area contributed by atoms with Gasteiger partial charge in [0.1, 0.15) is 5.75 Å². The Morgan fingerprint density at radius 1 is 1.59 bits per heavy atom. The number of aliphatic hydroxyl groups excluding tert-OH is 1. The maximum atomic E-state index is 11.5. The minimum absolute atomic E-state index is 0.0492. The standard InChI is InChI=1S/C12H18N2O3/c1-9(8-15)14-12(16)4-3-10-5-11(17-2)7-13-6-10/h5-7,9,15H,3-4,8H2,1-2H3,(H,14,16). The lowest BCUT2D eigenvalue weighted by Gasteiger charge is -2.10. The zero-order chi connectivity index (χ0) is 12.7. The van der Waals surface area contributed by atoms with Crippen LogP contribution < -0.4 is 10.1 Å². The van der Waals surface area contributed by atoms with E-state index in [1.54, 1.807) is 26.4 Å². The molecule has 0 aromatic carbocycles. The number of nitrogens with one attached hydrogen (secondary N) is 1. The summed E-state index contributed by atoms with van der Waals surface area (Å²) in [6.07, 6.45) is 4.32. The quantitative estimate of drug-likeness (QED) is 0.758. The number of aryl methyl sites for hydroxylation is 1. The molecule has 0 spiro atoms. The van der Waals surface area contributed by atoms with E-state index in [-0.39, 0.29) is 18.6 Å². The molecule has 5 heteroatoms. The molecule has 0 saturated carbocycles. The van der Waals surface area contributed by atoms with Gasteiger partial charge in [-0.05, 0) is 25.0 Å². The van der Waals surface area contributed by atoms with Gasteiger partial charge in [-0.2, -0.15) is 0 Å². The molecule has 1 aromatic rings. The highest BCUT2D eigenvalue weighted by atomic mass is 16.5. The lowest BCUT2D eigenvalue weighted by Crippen LogP contribution is -2.35. The molecule has 1 amide bonds. The number of carbonyl (C=O) groups excluding carboxylic acids is 1. The van der Waals surface area contributed by atoms with Gasteiger partial charge in [-0.1, -0.05) is 0 Å². The van der Waals surface area contributed by atoms with E-state index in [1.807, 2.05) is 6.07 Å². The van der Waals surface area contributed by atoms with Gasteiger partial charge in [0, 0.05) is 18.7 Å². The normalized spacial score (nSPS) is 11.9. The summed E-state index contributed by atoms with van der Waals surface area (Å²) in [6, 6.07) is 1.65. The number of amides is 1. The first-order chi connectivity index (χ1) is 8.15. The average molecular weight is 238 g/mol. The zero-order valence-corrected chi connectivity index (χ0v) is 10.1. The van der Waals surface area contributed by atoms with Crippen molar-refractivity contribution in [2.75, 3.05) is 13.7 Å². The van der Waals surface area contributed by atoms with Crippen molar-refractivity contribution in [3.63, 3.8) is 0 Å². The van der Waals surface area contributed by atoms with E-state index in [0.29, 0.717) is 18.6 Å². The Morgan fingerprint density at radius 2 is 2.35 bits per heavy atom. The molecular weight excluding hydrogens is 220 g/mol. The number of ether oxygens (including phenoxy) is 1. The predicted molar refractivity (Wildman–Crippen MR) is 63.8 cm³/mol. The van der Waals surface area contributed by atoms with Crippen LogP contribution in [0.2, 0.25) is 0 Å². The molecule has 1 atom stereocenters. The molecule has 2 N–H and O–H groups in total. The number of hydrogen-bond acceptors (Lipinski definition) is 4. The summed E-state index contributed by atoms with van der Waals surface area (Å²) in [6.45, 7) is 1.71. The van der Waals surface area contributed by atoms with Gasteiger partial charge in [0.2, 0.25) is 5.91 Å². The van der Waals surface area contributed by atoms with Crippen LogP contribution in [0, 0.1) is 0 Å². The first-order valence-corrected chi connectivity index (χ1v) is 5.54. The highest BCUT2D eigenvalue weighted by molar-refractivity contribution is 5.76. The van der Waals surface area contributed by atoms with Gasteiger partial charge in [-0.25, -0.2) is 0 Å². The van der Waals surface area contributed by atoms with Crippen LogP contribution in [0.5, 0.6) is 5.75 Å². The van der Waals surface area contributed by atoms with Gasteiger partial charge < -0.3 is 15.2 Å². The maximum Gasteiger partial charge on any atom is 0.220 e. The van der Waals surface area contributed by atoms with Gasteiger partial charge in [-0.15, -0.1) is 0 Å². The van der Waals surface area contributed by atoms with Crippen LogP contribution in [0.3, 0.4) is 0 Å². The summed E-state index contributed by atoms with van der Waals surface area (Å²) in [7, 11) is 1.58. The van der Waals surface area contributed by atoms with Crippen molar-refractivity contribution in [2.24, 2.45) is 0 Å². The van der Waals surface area contributed by atoms with Crippen molar-refractivity contribution in [2.45, 2.75) is 25.8 Å². The van der Waals surface area contributed by atoms with Crippen molar-refractivity contribution in [1.82, 2.24) is 10.3 Å². The van der Waals surface area contributed by atoms with Crippen LogP contribution in [-0.4, -0.2) is 35.8 Å². The Morgan fingerprint density at radius 3 is 3.00 bits per heavy atom. The minimum Gasteiger partial charge on any atom is -0.495 e. The van der Waals surface area contributed by atoms with Crippen LogP contribution >= 0.6 is 0 Å². The number of aromatic nitrogens is 1. The second-order valence-corrected chi connectivity index (χ2v) is 3.88. The van der Waals surface area contributed by atoms with Crippen molar-refractivity contribution in [3.05, 3.63) is 24.0 Å². The van der Waals surface area contributed by atoms with Gasteiger partial charge in [0.05, 0.1) is 19.9 Å². The summed E-state index contributed by atoms with van der Waals surface area (Å²) in [5, 5.41) is 11.5. The van der Waals surface area contributed by atoms with Gasteiger partial charge in [0.25, 0.3) is 0 Å². The molecule has 1 heterocycles. The molecule has 17 heavy (non-hydrogen) atoms. The molecule has 0 aliphatic heterocycles. The predicted octanol–water partition coefficient (Wildman–Crippen LogP) is 0.520. The fourth-order valence-electron chi connectivity index (χ4n) is 1.36. The van der Waals surface area contributed by atoms with Crippen molar-refractivity contribution < 1.29 is 14.6 Å². The smallest absolute Gasteiger partial charge is 0.220 e. The van der Waals surface area contributed by atoms with Crippen molar-refractivity contribution >= 4 is 5.91 Å². The number of methoxy groups -OCH3 is 1. The molecule has 1 unspecified atom stereocenters. The Labute approximate surface area is 101 Å². The molecular formula is C12H18N2O3. The monoisotopic (exact) mass is 238 g/mol. The first kappa shape index (κ1) is 13.4. The molecule has 0 radical (unpaired) electrons. The lowest BCUT2D eigenvalue weighted by molar-refractivity contribution is -0.121. The molecule has 0 bridgehead atoms. The van der Waals surface area contributed by atoms with E-state index in [9.17, 15) is 4.79 Å². The van der Waals surface area contributed by atoms with Crippen molar-refractivity contribution in [1.29, 1.82) is 0 Å². The Balaban J connectivity index is 2.41. The molecule has 0 aliphatic carbocycles.